The third kappa shape index (κ3) is 5.66. The smallest absolute Gasteiger partial charge is 0.159 e. The van der Waals surface area contributed by atoms with Gasteiger partial charge in [-0.25, -0.2) is 8.42 Å². The average Bonchev–Trinajstić information content (AvgIpc) is 2.99. The van der Waals surface area contributed by atoms with Crippen molar-refractivity contribution in [2.75, 3.05) is 0 Å². The molecule has 1 saturated carbocycles. The summed E-state index contributed by atoms with van der Waals surface area (Å²) < 4.78 is 30.2. The molecule has 0 N–H and O–H groups in total. The molecular formula is C26H36O3S. The Bertz CT molecular complexity index is 922. The van der Waals surface area contributed by atoms with Crippen LogP contribution in [0.2, 0.25) is 0 Å². The zero-order valence-electron chi connectivity index (χ0n) is 19.0. The zero-order chi connectivity index (χ0) is 21.9. The maximum Gasteiger partial charge on any atom is 0.159 e. The van der Waals surface area contributed by atoms with Gasteiger partial charge in [0.1, 0.15) is 11.9 Å². The van der Waals surface area contributed by atoms with E-state index in [1.807, 2.05) is 24.3 Å². The molecular weight excluding hydrogens is 392 g/mol. The Hall–Kier alpha value is -1.81. The van der Waals surface area contributed by atoms with Gasteiger partial charge in [-0.15, -0.1) is 0 Å². The van der Waals surface area contributed by atoms with Crippen molar-refractivity contribution in [3.05, 3.63) is 65.2 Å². The van der Waals surface area contributed by atoms with Gasteiger partial charge in [0, 0.05) is 0 Å². The minimum Gasteiger partial charge on any atom is -0.490 e. The normalized spacial score (nSPS) is 22.2. The Labute approximate surface area is 182 Å². The van der Waals surface area contributed by atoms with Crippen LogP contribution in [0.1, 0.15) is 64.2 Å². The van der Waals surface area contributed by atoms with E-state index < -0.39 is 14.6 Å². The number of hydrogen-bond donors (Lipinski definition) is 0. The fourth-order valence-electron chi connectivity index (χ4n) is 3.92. The van der Waals surface area contributed by atoms with Gasteiger partial charge in [0.25, 0.3) is 0 Å². The lowest BCUT2D eigenvalue weighted by Gasteiger charge is -2.20. The lowest BCUT2D eigenvalue weighted by molar-refractivity contribution is 0.155. The predicted molar refractivity (Wildman–Crippen MR) is 125 cm³/mol. The first-order valence-electron chi connectivity index (χ1n) is 11.1. The minimum absolute atomic E-state index is 0.0939. The summed E-state index contributed by atoms with van der Waals surface area (Å²) in [6, 6.07) is 16.5. The van der Waals surface area contributed by atoms with Gasteiger partial charge in [-0.3, -0.25) is 0 Å². The first-order valence-corrected chi connectivity index (χ1v) is 12.8. The van der Waals surface area contributed by atoms with Gasteiger partial charge >= 0.3 is 0 Å². The molecule has 1 fully saturated rings. The molecule has 0 aliphatic heterocycles. The number of rotatable bonds is 7. The van der Waals surface area contributed by atoms with Crippen LogP contribution in [0.4, 0.5) is 0 Å². The third-order valence-corrected chi connectivity index (χ3v) is 9.20. The van der Waals surface area contributed by atoms with Crippen molar-refractivity contribution in [3.63, 3.8) is 0 Å². The second-order valence-electron chi connectivity index (χ2n) is 9.90. The molecule has 3 unspecified atom stereocenters. The number of aryl methyl sites for hydroxylation is 2. The van der Waals surface area contributed by atoms with Crippen LogP contribution < -0.4 is 4.74 Å². The number of benzene rings is 2. The largest absolute Gasteiger partial charge is 0.490 e. The molecule has 164 valence electrons. The van der Waals surface area contributed by atoms with Gasteiger partial charge < -0.3 is 4.74 Å². The van der Waals surface area contributed by atoms with E-state index in [4.69, 9.17) is 4.74 Å². The van der Waals surface area contributed by atoms with Crippen molar-refractivity contribution in [1.82, 2.24) is 0 Å². The van der Waals surface area contributed by atoms with E-state index in [2.05, 4.69) is 38.1 Å². The summed E-state index contributed by atoms with van der Waals surface area (Å²) in [7, 11) is -3.15. The van der Waals surface area contributed by atoms with Crippen LogP contribution in [0.25, 0.3) is 0 Å². The zero-order valence-corrected chi connectivity index (χ0v) is 19.8. The highest BCUT2D eigenvalue weighted by Gasteiger charge is 2.31. The monoisotopic (exact) mass is 428 g/mol. The molecule has 0 bridgehead atoms. The maximum atomic E-state index is 12.4. The van der Waals surface area contributed by atoms with Gasteiger partial charge in [-0.1, -0.05) is 50.2 Å². The molecule has 0 saturated heterocycles. The first-order chi connectivity index (χ1) is 14.0. The molecule has 0 aromatic heterocycles. The van der Waals surface area contributed by atoms with Gasteiger partial charge in [0.05, 0.1) is 10.5 Å². The Morgan fingerprint density at radius 1 is 0.833 bits per heavy atom. The van der Waals surface area contributed by atoms with Crippen LogP contribution in [0.5, 0.6) is 5.75 Å². The molecule has 3 atom stereocenters. The van der Waals surface area contributed by atoms with E-state index in [0.29, 0.717) is 12.0 Å². The highest BCUT2D eigenvalue weighted by molar-refractivity contribution is 7.91. The predicted octanol–water partition coefficient (Wildman–Crippen LogP) is 6.00. The van der Waals surface area contributed by atoms with Crippen LogP contribution >= 0.6 is 0 Å². The average molecular weight is 429 g/mol. The first kappa shape index (κ1) is 22.9. The molecule has 2 aromatic rings. The second-order valence-corrected chi connectivity index (χ2v) is 12.6. The van der Waals surface area contributed by atoms with Gasteiger partial charge in [-0.2, -0.15) is 0 Å². The molecule has 0 amide bonds. The third-order valence-electron chi connectivity index (χ3n) is 6.62. The molecule has 0 spiro atoms. The van der Waals surface area contributed by atoms with Crippen molar-refractivity contribution in [2.45, 2.75) is 76.9 Å². The van der Waals surface area contributed by atoms with E-state index in [9.17, 15) is 8.42 Å². The van der Waals surface area contributed by atoms with Crippen molar-refractivity contribution < 1.29 is 13.2 Å². The van der Waals surface area contributed by atoms with Crippen LogP contribution in [0, 0.1) is 11.8 Å². The lowest BCUT2D eigenvalue weighted by Crippen LogP contribution is -2.29. The highest BCUT2D eigenvalue weighted by Crippen LogP contribution is 2.34. The molecule has 4 heteroatoms. The minimum atomic E-state index is -3.15. The summed E-state index contributed by atoms with van der Waals surface area (Å²) in [5.41, 5.74) is 3.36. The standard InChI is InChI=1S/C26H36O3S/c1-19-6-17-25(20(19)2)29-24-15-13-22(14-16-24)8-7-21-9-11-23(12-10-21)18-30(27,28)26(3,4)5/h9-16,19-20,25H,6-8,17-18H2,1-5H3. The summed E-state index contributed by atoms with van der Waals surface area (Å²) in [6.07, 6.45) is 4.63. The highest BCUT2D eigenvalue weighted by atomic mass is 32.2. The molecule has 0 radical (unpaired) electrons. The SMILES string of the molecule is CC1CCC(Oc2ccc(CCc3ccc(CS(=O)(=O)C(C)(C)C)cc3)cc2)C1C. The van der Waals surface area contributed by atoms with E-state index in [0.717, 1.165) is 36.5 Å². The number of sulfone groups is 1. The fourth-order valence-corrected chi connectivity index (χ4v) is 4.99. The van der Waals surface area contributed by atoms with Gasteiger partial charge in [-0.05, 0) is 87.1 Å². The van der Waals surface area contributed by atoms with Crippen molar-refractivity contribution in [3.8, 4) is 5.75 Å². The van der Waals surface area contributed by atoms with Crippen molar-refractivity contribution in [2.24, 2.45) is 11.8 Å². The van der Waals surface area contributed by atoms with Crippen LogP contribution in [0.15, 0.2) is 48.5 Å². The fraction of sp³-hybridized carbons (Fsp3) is 0.538. The molecule has 30 heavy (non-hydrogen) atoms. The van der Waals surface area contributed by atoms with Gasteiger partial charge in [0.2, 0.25) is 0 Å². The molecule has 1 aliphatic rings. The van der Waals surface area contributed by atoms with Crippen LogP contribution in [0.3, 0.4) is 0 Å². The summed E-state index contributed by atoms with van der Waals surface area (Å²) in [6.45, 7) is 9.86. The van der Waals surface area contributed by atoms with E-state index in [-0.39, 0.29) is 5.75 Å². The molecule has 3 rings (SSSR count). The van der Waals surface area contributed by atoms with Crippen molar-refractivity contribution in [1.29, 1.82) is 0 Å². The molecule has 3 nitrogen and oxygen atoms in total. The van der Waals surface area contributed by atoms with Crippen LogP contribution in [-0.2, 0) is 28.4 Å². The Kier molecular flexibility index (Phi) is 6.96. The van der Waals surface area contributed by atoms with E-state index >= 15 is 0 Å². The van der Waals surface area contributed by atoms with Crippen LogP contribution in [-0.4, -0.2) is 19.3 Å². The quantitative estimate of drug-likeness (QED) is 0.543. The summed E-state index contributed by atoms with van der Waals surface area (Å²) >= 11 is 0. The Morgan fingerprint density at radius 3 is 1.80 bits per heavy atom. The van der Waals surface area contributed by atoms with E-state index in [1.165, 1.54) is 17.5 Å². The molecule has 0 heterocycles. The Morgan fingerprint density at radius 2 is 1.33 bits per heavy atom. The summed E-state index contributed by atoms with van der Waals surface area (Å²) in [5.74, 6) is 2.42. The summed E-state index contributed by atoms with van der Waals surface area (Å²) in [5, 5.41) is 0. The van der Waals surface area contributed by atoms with E-state index in [1.54, 1.807) is 20.8 Å². The molecule has 2 aromatic carbocycles. The lowest BCUT2D eigenvalue weighted by atomic mass is 9.99. The number of ether oxygens (including phenoxy) is 1. The number of hydrogen-bond acceptors (Lipinski definition) is 3. The summed E-state index contributed by atoms with van der Waals surface area (Å²) in [4.78, 5) is 0. The topological polar surface area (TPSA) is 43.4 Å². The van der Waals surface area contributed by atoms with Gasteiger partial charge in [0.15, 0.2) is 9.84 Å². The maximum absolute atomic E-state index is 12.4. The second kappa shape index (κ2) is 9.13. The Balaban J connectivity index is 1.52. The molecule has 1 aliphatic carbocycles. The van der Waals surface area contributed by atoms with Crippen molar-refractivity contribution >= 4 is 9.84 Å².